The number of amides is 1. The van der Waals surface area contributed by atoms with E-state index in [1.165, 1.54) is 6.92 Å². The molecule has 2 N–H and O–H groups in total. The first kappa shape index (κ1) is 25.8. The predicted octanol–water partition coefficient (Wildman–Crippen LogP) is 2.75. The van der Waals surface area contributed by atoms with Crippen LogP contribution in [0.4, 0.5) is 10.6 Å². The van der Waals surface area contributed by atoms with Gasteiger partial charge >= 0.3 is 11.8 Å². The molecule has 0 saturated heterocycles. The summed E-state index contributed by atoms with van der Waals surface area (Å²) >= 11 is 6.27. The molecule has 10 nitrogen and oxygen atoms in total. The van der Waals surface area contributed by atoms with E-state index in [0.717, 1.165) is 14.3 Å². The number of nitrogen functional groups attached to an aromatic ring is 1. The topological polar surface area (TPSA) is 125 Å². The fourth-order valence-electron chi connectivity index (χ4n) is 3.42. The third-order valence-electron chi connectivity index (χ3n) is 5.04. The van der Waals surface area contributed by atoms with Crippen LogP contribution in [0.2, 0.25) is 5.02 Å². The largest absolute Gasteiger partial charge is 0.442 e. The molecule has 0 fully saturated rings. The summed E-state index contributed by atoms with van der Waals surface area (Å²) in [6.07, 6.45) is -0.842. The van der Waals surface area contributed by atoms with E-state index in [0.29, 0.717) is 21.6 Å². The van der Waals surface area contributed by atoms with Crippen molar-refractivity contribution < 1.29 is 9.53 Å². The number of anilines is 1. The summed E-state index contributed by atoms with van der Waals surface area (Å²) in [4.78, 5) is 48.4. The number of halogens is 1. The lowest BCUT2D eigenvalue weighted by atomic mass is 10.2. The lowest BCUT2D eigenvalue weighted by Crippen LogP contribution is -2.54. The third-order valence-corrected chi connectivity index (χ3v) is 5.36. The van der Waals surface area contributed by atoms with Crippen LogP contribution in [0, 0.1) is 25.7 Å². The molecule has 3 aromatic rings. The predicted molar refractivity (Wildman–Crippen MR) is 135 cm³/mol. The summed E-state index contributed by atoms with van der Waals surface area (Å²) in [6.45, 7) is 9.48. The van der Waals surface area contributed by atoms with Crippen molar-refractivity contribution in [2.45, 2.75) is 53.7 Å². The highest BCUT2D eigenvalue weighted by molar-refractivity contribution is 6.35. The second-order valence-corrected chi connectivity index (χ2v) is 9.23. The van der Waals surface area contributed by atoms with E-state index in [2.05, 4.69) is 21.8 Å². The first-order valence-electron chi connectivity index (χ1n) is 10.8. The Morgan fingerprint density at radius 2 is 1.91 bits per heavy atom. The minimum Gasteiger partial charge on any atom is -0.442 e. The third kappa shape index (κ3) is 5.30. The van der Waals surface area contributed by atoms with Gasteiger partial charge in [-0.1, -0.05) is 23.6 Å². The maximum atomic E-state index is 13.5. The number of hydrogen-bond donors (Lipinski definition) is 1. The summed E-state index contributed by atoms with van der Waals surface area (Å²) in [5, 5.41) is 2.15. The quantitative estimate of drug-likeness (QED) is 0.548. The van der Waals surface area contributed by atoms with E-state index in [1.54, 1.807) is 52.8 Å². The number of benzene rings is 1. The molecular formula is C24H27ClN6O4. The normalized spacial score (nSPS) is 11.2. The molecule has 0 unspecified atom stereocenters. The molecule has 2 aromatic heterocycles. The molecule has 0 aliphatic rings. The van der Waals surface area contributed by atoms with Crippen LogP contribution in [-0.4, -0.2) is 37.5 Å². The molecule has 11 heteroatoms. The van der Waals surface area contributed by atoms with Gasteiger partial charge in [0.2, 0.25) is 0 Å². The van der Waals surface area contributed by atoms with E-state index >= 15 is 0 Å². The Morgan fingerprint density at radius 1 is 1.23 bits per heavy atom. The van der Waals surface area contributed by atoms with Crippen LogP contribution in [0.1, 0.15) is 44.8 Å². The maximum Gasteiger partial charge on any atom is 0.430 e. The number of rotatable bonds is 4. The van der Waals surface area contributed by atoms with Gasteiger partial charge in [-0.05, 0) is 53.7 Å². The number of carbonyl (C=O) groups excluding carboxylic acids is 1. The molecule has 184 valence electrons. The molecule has 0 atom stereocenters. The Labute approximate surface area is 207 Å². The van der Waals surface area contributed by atoms with E-state index in [9.17, 15) is 14.4 Å². The lowest BCUT2D eigenvalue weighted by Gasteiger charge is -2.28. The summed E-state index contributed by atoms with van der Waals surface area (Å²) in [7, 11) is 0. The van der Waals surface area contributed by atoms with Crippen LogP contribution in [0.25, 0.3) is 10.9 Å². The molecule has 0 saturated carbocycles. The molecule has 0 radical (unpaired) electrons. The van der Waals surface area contributed by atoms with Crippen LogP contribution in [-0.2, 0) is 11.3 Å². The summed E-state index contributed by atoms with van der Waals surface area (Å²) < 4.78 is 7.27. The summed E-state index contributed by atoms with van der Waals surface area (Å²) in [6, 6.07) is 5.25. The number of aryl methyl sites for hydroxylation is 1. The van der Waals surface area contributed by atoms with Crippen LogP contribution >= 0.6 is 11.6 Å². The van der Waals surface area contributed by atoms with Gasteiger partial charge in [0.15, 0.2) is 0 Å². The van der Waals surface area contributed by atoms with Crippen molar-refractivity contribution in [3.05, 3.63) is 61.1 Å². The second kappa shape index (κ2) is 9.80. The number of hydrogen-bond acceptors (Lipinski definition) is 7. The Bertz CT molecular complexity index is 1490. The van der Waals surface area contributed by atoms with Gasteiger partial charge in [-0.15, -0.1) is 5.92 Å². The minimum absolute atomic E-state index is 0.0724. The molecule has 0 aliphatic carbocycles. The van der Waals surface area contributed by atoms with Crippen molar-refractivity contribution in [3.63, 3.8) is 0 Å². The van der Waals surface area contributed by atoms with Crippen molar-refractivity contribution in [1.29, 1.82) is 0 Å². The SMILES string of the molecule is CC#CCN(C(=O)OC(C)(C)C)n1c(N)c(C)c(=O)n(Cc2nc(C)c3c(Cl)cccc3n2)c1=O. The molecule has 35 heavy (non-hydrogen) atoms. The van der Waals surface area contributed by atoms with Crippen molar-refractivity contribution in [2.24, 2.45) is 0 Å². The standard InChI is InChI=1S/C24H27ClN6O4/c1-7-8-12-30(23(34)35-24(4,5)6)31-20(26)14(2)21(32)29(22(31)33)13-18-27-15(3)19-16(25)10-9-11-17(19)28-18/h9-11H,12-13,26H2,1-6H3. The highest BCUT2D eigenvalue weighted by atomic mass is 35.5. The highest BCUT2D eigenvalue weighted by Gasteiger charge is 2.28. The van der Waals surface area contributed by atoms with Gasteiger partial charge in [-0.25, -0.2) is 19.6 Å². The fraction of sp³-hybridized carbons (Fsp3) is 0.375. The Morgan fingerprint density at radius 3 is 2.54 bits per heavy atom. The lowest BCUT2D eigenvalue weighted by molar-refractivity contribution is 0.0542. The van der Waals surface area contributed by atoms with E-state index in [4.69, 9.17) is 22.1 Å². The van der Waals surface area contributed by atoms with Crippen molar-refractivity contribution in [3.8, 4) is 11.8 Å². The Balaban J connectivity index is 2.19. The summed E-state index contributed by atoms with van der Waals surface area (Å²) in [5.74, 6) is 5.45. The first-order valence-corrected chi connectivity index (χ1v) is 11.2. The number of ether oxygens (including phenoxy) is 1. The van der Waals surface area contributed by atoms with Gasteiger partial charge in [-0.3, -0.25) is 9.36 Å². The Hall–Kier alpha value is -3.84. The smallest absolute Gasteiger partial charge is 0.430 e. The first-order chi connectivity index (χ1) is 16.4. The van der Waals surface area contributed by atoms with E-state index in [1.807, 2.05) is 0 Å². The van der Waals surface area contributed by atoms with Crippen molar-refractivity contribution >= 4 is 34.4 Å². The minimum atomic E-state index is -0.852. The number of nitrogens with zero attached hydrogens (tertiary/aromatic N) is 5. The second-order valence-electron chi connectivity index (χ2n) is 8.82. The van der Waals surface area contributed by atoms with Gasteiger partial charge in [0.05, 0.1) is 28.3 Å². The molecule has 1 aromatic carbocycles. The average molecular weight is 499 g/mol. The molecular weight excluding hydrogens is 472 g/mol. The molecule has 0 bridgehead atoms. The van der Waals surface area contributed by atoms with E-state index in [-0.39, 0.29) is 30.3 Å². The fourth-order valence-corrected chi connectivity index (χ4v) is 3.73. The van der Waals surface area contributed by atoms with Gasteiger partial charge in [0, 0.05) is 5.39 Å². The zero-order valence-corrected chi connectivity index (χ0v) is 21.2. The van der Waals surface area contributed by atoms with Gasteiger partial charge in [-0.2, -0.15) is 9.69 Å². The monoisotopic (exact) mass is 498 g/mol. The van der Waals surface area contributed by atoms with E-state index < -0.39 is 22.9 Å². The highest BCUT2D eigenvalue weighted by Crippen LogP contribution is 2.24. The van der Waals surface area contributed by atoms with Crippen LogP contribution in [0.5, 0.6) is 0 Å². The van der Waals surface area contributed by atoms with Crippen LogP contribution < -0.4 is 22.0 Å². The average Bonchev–Trinajstić information content (AvgIpc) is 2.76. The zero-order chi connectivity index (χ0) is 26.1. The Kier molecular flexibility index (Phi) is 7.22. The maximum absolute atomic E-state index is 13.5. The molecule has 1 amide bonds. The molecule has 0 aliphatic heterocycles. The number of fused-ring (bicyclic) bond motifs is 1. The molecule has 2 heterocycles. The summed E-state index contributed by atoms with van der Waals surface area (Å²) in [5.41, 5.74) is 5.08. The number of nitrogens with two attached hydrogens (primary N) is 1. The number of carbonyl (C=O) groups is 1. The van der Waals surface area contributed by atoms with Crippen LogP contribution in [0.3, 0.4) is 0 Å². The van der Waals surface area contributed by atoms with Crippen LogP contribution in [0.15, 0.2) is 27.8 Å². The van der Waals surface area contributed by atoms with Gasteiger partial charge in [0.1, 0.15) is 23.8 Å². The van der Waals surface area contributed by atoms with Crippen molar-refractivity contribution in [2.75, 3.05) is 17.3 Å². The molecule has 0 spiro atoms. The zero-order valence-electron chi connectivity index (χ0n) is 20.5. The molecule has 3 rings (SSSR count). The number of aromatic nitrogens is 4. The van der Waals surface area contributed by atoms with Gasteiger partial charge in [0.25, 0.3) is 5.56 Å². The van der Waals surface area contributed by atoms with Crippen molar-refractivity contribution in [1.82, 2.24) is 19.2 Å². The van der Waals surface area contributed by atoms with Gasteiger partial charge < -0.3 is 10.5 Å².